The summed E-state index contributed by atoms with van der Waals surface area (Å²) in [6.07, 6.45) is 4.08. The fraction of sp³-hybridized carbons (Fsp3) is 0.542. The maximum absolute atomic E-state index is 11.9. The number of rotatable bonds is 18. The zero-order valence-electron chi connectivity index (χ0n) is 19.2. The van der Waals surface area contributed by atoms with Crippen molar-refractivity contribution in [3.63, 3.8) is 0 Å². The van der Waals surface area contributed by atoms with Crippen molar-refractivity contribution in [3.8, 4) is 0 Å². The summed E-state index contributed by atoms with van der Waals surface area (Å²) in [7, 11) is 0. The number of amides is 2. The first-order valence-electron chi connectivity index (χ1n) is 11.2. The van der Waals surface area contributed by atoms with Crippen LogP contribution in [0, 0.1) is 0 Å². The maximum Gasteiger partial charge on any atom is 0.407 e. The van der Waals surface area contributed by atoms with Crippen LogP contribution in [0.5, 0.6) is 0 Å². The molecule has 1 aromatic rings. The van der Waals surface area contributed by atoms with Crippen molar-refractivity contribution in [3.05, 3.63) is 35.4 Å². The molecule has 0 aromatic heterocycles. The van der Waals surface area contributed by atoms with Gasteiger partial charge in [0.25, 0.3) is 0 Å². The fourth-order valence-electron chi connectivity index (χ4n) is 2.86. The molecule has 0 unspecified atom stereocenters. The lowest BCUT2D eigenvalue weighted by molar-refractivity contribution is -0.126. The number of aldehydes is 1. The van der Waals surface area contributed by atoms with Crippen molar-refractivity contribution in [2.75, 3.05) is 26.4 Å². The van der Waals surface area contributed by atoms with Crippen molar-refractivity contribution < 1.29 is 33.4 Å². The Balaban J connectivity index is 2.05. The standard InChI is InChI=1S/C24H34N2O7/c1-19(28)15-22(29)16-20-7-9-21(10-8-20)17-26-23(30)18-32-13-6-14-33-24(31)25-11-4-2-3-5-12-27/h7-10,12H,2-6,11,13-18H2,1H3,(H,25,31)(H,26,30). The molecule has 0 saturated carbocycles. The van der Waals surface area contributed by atoms with Crippen LogP contribution >= 0.6 is 0 Å². The van der Waals surface area contributed by atoms with Gasteiger partial charge in [0, 0.05) is 32.4 Å². The third-order valence-electron chi connectivity index (χ3n) is 4.53. The first-order chi connectivity index (χ1) is 15.9. The lowest BCUT2D eigenvalue weighted by Gasteiger charge is -2.08. The Morgan fingerprint density at radius 1 is 0.909 bits per heavy atom. The number of hydrogen-bond acceptors (Lipinski definition) is 7. The summed E-state index contributed by atoms with van der Waals surface area (Å²) in [6.45, 7) is 2.63. The number of unbranched alkanes of at least 4 members (excludes halogenated alkanes) is 3. The summed E-state index contributed by atoms with van der Waals surface area (Å²) in [4.78, 5) is 56.2. The zero-order chi connectivity index (χ0) is 24.3. The van der Waals surface area contributed by atoms with E-state index in [4.69, 9.17) is 9.47 Å². The van der Waals surface area contributed by atoms with Gasteiger partial charge in [0.05, 0.1) is 19.6 Å². The van der Waals surface area contributed by atoms with Crippen molar-refractivity contribution in [1.29, 1.82) is 0 Å². The molecule has 2 N–H and O–H groups in total. The minimum absolute atomic E-state index is 0.0542. The Labute approximate surface area is 194 Å². The number of benzene rings is 1. The van der Waals surface area contributed by atoms with Crippen LogP contribution in [0.25, 0.3) is 0 Å². The molecule has 1 rings (SSSR count). The van der Waals surface area contributed by atoms with Gasteiger partial charge in [-0.3, -0.25) is 14.4 Å². The van der Waals surface area contributed by atoms with Crippen LogP contribution in [-0.2, 0) is 41.6 Å². The summed E-state index contributed by atoms with van der Waals surface area (Å²) >= 11 is 0. The van der Waals surface area contributed by atoms with Gasteiger partial charge in [0.2, 0.25) is 5.91 Å². The van der Waals surface area contributed by atoms with Gasteiger partial charge in [-0.25, -0.2) is 4.79 Å². The van der Waals surface area contributed by atoms with Gasteiger partial charge >= 0.3 is 6.09 Å². The number of ketones is 2. The summed E-state index contributed by atoms with van der Waals surface area (Å²) in [5, 5.41) is 5.38. The van der Waals surface area contributed by atoms with E-state index in [2.05, 4.69) is 10.6 Å². The Morgan fingerprint density at radius 3 is 2.33 bits per heavy atom. The molecule has 0 aliphatic heterocycles. The van der Waals surface area contributed by atoms with Gasteiger partial charge < -0.3 is 24.9 Å². The van der Waals surface area contributed by atoms with E-state index in [-0.39, 0.29) is 50.1 Å². The molecular formula is C24H34N2O7. The zero-order valence-corrected chi connectivity index (χ0v) is 19.2. The van der Waals surface area contributed by atoms with Crippen molar-refractivity contribution in [1.82, 2.24) is 10.6 Å². The van der Waals surface area contributed by atoms with Crippen molar-refractivity contribution >= 4 is 29.9 Å². The SMILES string of the molecule is CC(=O)CC(=O)Cc1ccc(CNC(=O)COCCCOC(=O)NCCCCCC=O)cc1. The van der Waals surface area contributed by atoms with Crippen LogP contribution < -0.4 is 10.6 Å². The quantitative estimate of drug-likeness (QED) is 0.195. The third-order valence-corrected chi connectivity index (χ3v) is 4.53. The van der Waals surface area contributed by atoms with E-state index >= 15 is 0 Å². The molecule has 0 atom stereocenters. The van der Waals surface area contributed by atoms with Gasteiger partial charge in [-0.1, -0.05) is 30.7 Å². The fourth-order valence-corrected chi connectivity index (χ4v) is 2.86. The molecule has 0 radical (unpaired) electrons. The number of hydrogen-bond donors (Lipinski definition) is 2. The normalized spacial score (nSPS) is 10.3. The highest BCUT2D eigenvalue weighted by Crippen LogP contribution is 2.07. The average Bonchev–Trinajstić information content (AvgIpc) is 2.77. The molecule has 0 heterocycles. The molecular weight excluding hydrogens is 428 g/mol. The van der Waals surface area contributed by atoms with Gasteiger partial charge in [-0.15, -0.1) is 0 Å². The van der Waals surface area contributed by atoms with Crippen LogP contribution in [0.3, 0.4) is 0 Å². The highest BCUT2D eigenvalue weighted by atomic mass is 16.5. The van der Waals surface area contributed by atoms with E-state index in [0.717, 1.165) is 36.7 Å². The third kappa shape index (κ3) is 15.4. The maximum atomic E-state index is 11.9. The summed E-state index contributed by atoms with van der Waals surface area (Å²) in [6, 6.07) is 7.26. The molecule has 0 bridgehead atoms. The highest BCUT2D eigenvalue weighted by Gasteiger charge is 2.07. The monoisotopic (exact) mass is 462 g/mol. The smallest absolute Gasteiger partial charge is 0.407 e. The second-order valence-electron chi connectivity index (χ2n) is 7.67. The van der Waals surface area contributed by atoms with Crippen molar-refractivity contribution in [2.45, 2.75) is 58.4 Å². The number of carbonyl (C=O) groups is 5. The van der Waals surface area contributed by atoms with Gasteiger partial charge in [-0.05, 0) is 30.9 Å². The van der Waals surface area contributed by atoms with E-state index in [0.29, 0.717) is 25.9 Å². The Hall–Kier alpha value is -3.07. The minimum Gasteiger partial charge on any atom is -0.449 e. The summed E-state index contributed by atoms with van der Waals surface area (Å²) in [5.74, 6) is -0.521. The predicted molar refractivity (Wildman–Crippen MR) is 122 cm³/mol. The molecule has 9 heteroatoms. The van der Waals surface area contributed by atoms with Crippen molar-refractivity contribution in [2.24, 2.45) is 0 Å². The molecule has 0 aliphatic carbocycles. The topological polar surface area (TPSA) is 128 Å². The second kappa shape index (κ2) is 17.5. The molecule has 0 saturated heterocycles. The van der Waals surface area contributed by atoms with E-state index in [9.17, 15) is 24.0 Å². The first kappa shape index (κ1) is 28.0. The van der Waals surface area contributed by atoms with Crippen LogP contribution in [0.4, 0.5) is 4.79 Å². The van der Waals surface area contributed by atoms with Crippen LogP contribution in [0.15, 0.2) is 24.3 Å². The highest BCUT2D eigenvalue weighted by molar-refractivity contribution is 5.98. The van der Waals surface area contributed by atoms with Crippen LogP contribution in [0.2, 0.25) is 0 Å². The molecule has 33 heavy (non-hydrogen) atoms. The Kier molecular flexibility index (Phi) is 14.8. The largest absolute Gasteiger partial charge is 0.449 e. The Morgan fingerprint density at radius 2 is 1.64 bits per heavy atom. The van der Waals surface area contributed by atoms with Gasteiger partial charge in [0.15, 0.2) is 0 Å². The number of carbonyl (C=O) groups excluding carboxylic acids is 5. The van der Waals surface area contributed by atoms with E-state index < -0.39 is 6.09 Å². The molecule has 2 amide bonds. The summed E-state index contributed by atoms with van der Waals surface area (Å²) < 4.78 is 10.3. The van der Waals surface area contributed by atoms with Crippen LogP contribution in [0.1, 0.15) is 56.6 Å². The Bertz CT molecular complexity index is 763. The second-order valence-corrected chi connectivity index (χ2v) is 7.67. The van der Waals surface area contributed by atoms with Crippen LogP contribution in [-0.4, -0.2) is 56.2 Å². The van der Waals surface area contributed by atoms with Gasteiger partial charge in [0.1, 0.15) is 24.5 Å². The van der Waals surface area contributed by atoms with Gasteiger partial charge in [-0.2, -0.15) is 0 Å². The van der Waals surface area contributed by atoms with E-state index in [1.54, 1.807) is 12.1 Å². The minimum atomic E-state index is -0.489. The summed E-state index contributed by atoms with van der Waals surface area (Å²) in [5.41, 5.74) is 1.71. The molecule has 182 valence electrons. The molecule has 0 spiro atoms. The molecule has 0 fully saturated rings. The predicted octanol–water partition coefficient (Wildman–Crippen LogP) is 2.29. The molecule has 0 aliphatic rings. The number of Topliss-reactive ketones (excluding diaryl/α,β-unsaturated/α-hetero) is 2. The number of nitrogens with one attached hydrogen (secondary N) is 2. The molecule has 1 aromatic carbocycles. The first-order valence-corrected chi connectivity index (χ1v) is 11.2. The lowest BCUT2D eigenvalue weighted by atomic mass is 10.0. The number of ether oxygens (including phenoxy) is 2. The average molecular weight is 463 g/mol. The van der Waals surface area contributed by atoms with E-state index in [1.165, 1.54) is 6.92 Å². The lowest BCUT2D eigenvalue weighted by Crippen LogP contribution is -2.28. The number of alkyl carbamates (subject to hydrolysis) is 1. The molecule has 9 nitrogen and oxygen atoms in total. The van der Waals surface area contributed by atoms with E-state index in [1.807, 2.05) is 12.1 Å².